The van der Waals surface area contributed by atoms with Crippen molar-refractivity contribution in [2.24, 2.45) is 17.6 Å². The van der Waals surface area contributed by atoms with Gasteiger partial charge in [0.05, 0.1) is 12.5 Å². The molecular formula is C13H24F3NO2. The van der Waals surface area contributed by atoms with Crippen molar-refractivity contribution in [3.05, 3.63) is 0 Å². The molecule has 0 radical (unpaired) electrons. The van der Waals surface area contributed by atoms with E-state index in [4.69, 9.17) is 10.5 Å². The van der Waals surface area contributed by atoms with Crippen molar-refractivity contribution < 1.29 is 22.7 Å². The zero-order valence-electron chi connectivity index (χ0n) is 11.8. The summed E-state index contributed by atoms with van der Waals surface area (Å²) in [4.78, 5) is 11.7. The highest BCUT2D eigenvalue weighted by Gasteiger charge is 2.45. The van der Waals surface area contributed by atoms with Crippen molar-refractivity contribution in [3.8, 4) is 0 Å². The highest BCUT2D eigenvalue weighted by atomic mass is 19.4. The lowest BCUT2D eigenvalue weighted by Crippen LogP contribution is -2.47. The molecule has 0 aromatic rings. The van der Waals surface area contributed by atoms with Crippen molar-refractivity contribution in [2.45, 2.75) is 58.7 Å². The normalized spacial score (nSPS) is 15.4. The number of hydrogen-bond donors (Lipinski definition) is 1. The van der Waals surface area contributed by atoms with Crippen LogP contribution in [0.4, 0.5) is 13.2 Å². The summed E-state index contributed by atoms with van der Waals surface area (Å²) in [6.07, 6.45) is -2.27. The van der Waals surface area contributed by atoms with Gasteiger partial charge >= 0.3 is 12.1 Å². The summed E-state index contributed by atoms with van der Waals surface area (Å²) in [5.74, 6) is -2.05. The zero-order valence-corrected chi connectivity index (χ0v) is 11.8. The van der Waals surface area contributed by atoms with E-state index >= 15 is 0 Å². The summed E-state index contributed by atoms with van der Waals surface area (Å²) >= 11 is 0. The number of rotatable bonds is 8. The van der Waals surface area contributed by atoms with E-state index in [-0.39, 0.29) is 18.9 Å². The molecule has 0 unspecified atom stereocenters. The molecule has 2 N–H and O–H groups in total. The highest BCUT2D eigenvalue weighted by Crippen LogP contribution is 2.28. The lowest BCUT2D eigenvalue weighted by Gasteiger charge is -2.24. The highest BCUT2D eigenvalue weighted by molar-refractivity contribution is 5.73. The summed E-state index contributed by atoms with van der Waals surface area (Å²) in [5.41, 5.74) is 5.16. The summed E-state index contributed by atoms with van der Waals surface area (Å²) < 4.78 is 42.8. The Morgan fingerprint density at radius 1 is 1.26 bits per heavy atom. The number of unbranched alkanes of at least 4 members (excludes halogenated alkanes) is 2. The Kier molecular flexibility index (Phi) is 8.06. The van der Waals surface area contributed by atoms with Crippen molar-refractivity contribution >= 4 is 5.97 Å². The van der Waals surface area contributed by atoms with Crippen LogP contribution in [-0.4, -0.2) is 24.8 Å². The minimum Gasteiger partial charge on any atom is -0.465 e. The Bertz CT molecular complexity index is 267. The molecule has 0 heterocycles. The molecule has 0 saturated carbocycles. The van der Waals surface area contributed by atoms with E-state index in [1.807, 2.05) is 20.8 Å². The number of nitrogens with two attached hydrogens (primary N) is 1. The summed E-state index contributed by atoms with van der Waals surface area (Å²) in [7, 11) is 0. The maximum atomic E-state index is 12.6. The molecule has 0 aliphatic rings. The van der Waals surface area contributed by atoms with Crippen LogP contribution in [0.25, 0.3) is 0 Å². The first kappa shape index (κ1) is 18.2. The van der Waals surface area contributed by atoms with Crippen LogP contribution in [0.3, 0.4) is 0 Å². The van der Waals surface area contributed by atoms with Gasteiger partial charge in [-0.05, 0) is 12.3 Å². The summed E-state index contributed by atoms with van der Waals surface area (Å²) in [6, 6.07) is -2.15. The smallest absolute Gasteiger partial charge is 0.404 e. The molecule has 0 fully saturated rings. The van der Waals surface area contributed by atoms with Gasteiger partial charge < -0.3 is 10.5 Å². The predicted octanol–water partition coefficient (Wildman–Crippen LogP) is 3.27. The number of hydrogen-bond acceptors (Lipinski definition) is 3. The summed E-state index contributed by atoms with van der Waals surface area (Å²) in [5, 5.41) is 0. The van der Waals surface area contributed by atoms with Crippen LogP contribution in [0.5, 0.6) is 0 Å². The number of alkyl halides is 3. The lowest BCUT2D eigenvalue weighted by molar-refractivity contribution is -0.177. The number of esters is 1. The van der Waals surface area contributed by atoms with Crippen LogP contribution in [-0.2, 0) is 9.53 Å². The third-order valence-corrected chi connectivity index (χ3v) is 2.79. The van der Waals surface area contributed by atoms with Gasteiger partial charge in [0.25, 0.3) is 0 Å². The van der Waals surface area contributed by atoms with E-state index in [1.54, 1.807) is 0 Å². The van der Waals surface area contributed by atoms with Gasteiger partial charge in [-0.2, -0.15) is 13.2 Å². The first-order chi connectivity index (χ1) is 8.70. The van der Waals surface area contributed by atoms with Crippen LogP contribution in [0.15, 0.2) is 0 Å². The average Bonchev–Trinajstić information content (AvgIpc) is 2.29. The third kappa shape index (κ3) is 7.40. The number of carbonyl (C=O) groups excluding carboxylic acids is 1. The van der Waals surface area contributed by atoms with E-state index in [0.717, 1.165) is 12.8 Å². The molecule has 0 aliphatic carbocycles. The average molecular weight is 283 g/mol. The molecule has 0 aromatic carbocycles. The second-order valence-corrected chi connectivity index (χ2v) is 5.19. The quantitative estimate of drug-likeness (QED) is 0.549. The second-order valence-electron chi connectivity index (χ2n) is 5.19. The van der Waals surface area contributed by atoms with Crippen molar-refractivity contribution in [3.63, 3.8) is 0 Å². The predicted molar refractivity (Wildman–Crippen MR) is 67.5 cm³/mol. The van der Waals surface area contributed by atoms with E-state index in [1.165, 1.54) is 0 Å². The van der Waals surface area contributed by atoms with Gasteiger partial charge in [-0.1, -0.05) is 40.0 Å². The van der Waals surface area contributed by atoms with Crippen LogP contribution < -0.4 is 5.73 Å². The Morgan fingerprint density at radius 2 is 1.84 bits per heavy atom. The number of ether oxygens (including phenoxy) is 1. The minimum atomic E-state index is -4.58. The van der Waals surface area contributed by atoms with E-state index in [0.29, 0.717) is 6.42 Å². The van der Waals surface area contributed by atoms with Crippen molar-refractivity contribution in [1.82, 2.24) is 0 Å². The third-order valence-electron chi connectivity index (χ3n) is 2.79. The molecule has 2 atom stereocenters. The van der Waals surface area contributed by atoms with Gasteiger partial charge in [-0.15, -0.1) is 0 Å². The van der Waals surface area contributed by atoms with Gasteiger partial charge in [0.15, 0.2) is 0 Å². The van der Waals surface area contributed by atoms with Crippen LogP contribution in [0, 0.1) is 11.8 Å². The van der Waals surface area contributed by atoms with Crippen LogP contribution in [0.1, 0.15) is 46.5 Å². The molecule has 0 spiro atoms. The van der Waals surface area contributed by atoms with Gasteiger partial charge in [0.2, 0.25) is 0 Å². The van der Waals surface area contributed by atoms with Crippen LogP contribution in [0.2, 0.25) is 0 Å². The molecule has 0 rings (SSSR count). The summed E-state index contributed by atoms with van der Waals surface area (Å²) in [6.45, 7) is 5.70. The van der Waals surface area contributed by atoms with Crippen LogP contribution >= 0.6 is 0 Å². The Balaban J connectivity index is 4.60. The second kappa shape index (κ2) is 8.40. The molecular weight excluding hydrogens is 259 g/mol. The monoisotopic (exact) mass is 283 g/mol. The first-order valence-corrected chi connectivity index (χ1v) is 6.69. The zero-order chi connectivity index (χ0) is 15.1. The fourth-order valence-corrected chi connectivity index (χ4v) is 1.64. The maximum absolute atomic E-state index is 12.6. The molecule has 0 bridgehead atoms. The van der Waals surface area contributed by atoms with Gasteiger partial charge in [-0.25, -0.2) is 0 Å². The van der Waals surface area contributed by atoms with E-state index < -0.39 is 24.1 Å². The molecule has 0 aliphatic heterocycles. The minimum absolute atomic E-state index is 0.0855. The fourth-order valence-electron chi connectivity index (χ4n) is 1.64. The topological polar surface area (TPSA) is 52.3 Å². The molecule has 3 nitrogen and oxygen atoms in total. The first-order valence-electron chi connectivity index (χ1n) is 6.69. The largest absolute Gasteiger partial charge is 0.465 e. The molecule has 0 saturated heterocycles. The lowest BCUT2D eigenvalue weighted by atomic mass is 9.93. The van der Waals surface area contributed by atoms with E-state index in [2.05, 4.69) is 0 Å². The molecule has 0 amide bonds. The molecule has 6 heteroatoms. The standard InChI is InChI=1S/C13H24F3NO2/c1-4-5-6-7-10(11(17)13(14,15)16)12(18)19-8-9(2)3/h9-11H,4-8,17H2,1-3H3/t10-,11-/m1/s1. The van der Waals surface area contributed by atoms with Gasteiger partial charge in [-0.3, -0.25) is 4.79 Å². The van der Waals surface area contributed by atoms with Gasteiger partial charge in [0, 0.05) is 0 Å². The molecule has 0 aromatic heterocycles. The maximum Gasteiger partial charge on any atom is 0.404 e. The fraction of sp³-hybridized carbons (Fsp3) is 0.923. The molecule has 19 heavy (non-hydrogen) atoms. The Morgan fingerprint density at radius 3 is 2.26 bits per heavy atom. The number of carbonyl (C=O) groups is 1. The number of halogens is 3. The Labute approximate surface area is 112 Å². The van der Waals surface area contributed by atoms with E-state index in [9.17, 15) is 18.0 Å². The van der Waals surface area contributed by atoms with Gasteiger partial charge in [0.1, 0.15) is 6.04 Å². The Hall–Kier alpha value is -0.780. The molecule has 114 valence electrons. The van der Waals surface area contributed by atoms with Crippen molar-refractivity contribution in [2.75, 3.05) is 6.61 Å². The SMILES string of the molecule is CCCCC[C@@H](C(=O)OCC(C)C)[C@@H](N)C(F)(F)F. The van der Waals surface area contributed by atoms with Crippen molar-refractivity contribution in [1.29, 1.82) is 0 Å².